The fraction of sp³-hybridized carbons (Fsp3) is 0.143. The zero-order valence-electron chi connectivity index (χ0n) is 12.3. The number of thiazole rings is 1. The van der Waals surface area contributed by atoms with Crippen LogP contribution in [0.2, 0.25) is 5.15 Å². The van der Waals surface area contributed by atoms with Gasteiger partial charge in [0.25, 0.3) is 0 Å². The molecule has 4 rings (SSSR count). The second kappa shape index (κ2) is 5.55. The Balaban J connectivity index is 2.03. The SMILES string of the molecule is NCCn1cc(S(=O)(=O)c2c(Cl)nc3sccn23)c2ncccc21. The molecule has 0 spiro atoms. The number of halogens is 1. The summed E-state index contributed by atoms with van der Waals surface area (Å²) in [6, 6.07) is 3.57. The molecule has 7 nitrogen and oxygen atoms in total. The van der Waals surface area contributed by atoms with Gasteiger partial charge in [0.1, 0.15) is 10.4 Å². The van der Waals surface area contributed by atoms with Crippen LogP contribution in [0.5, 0.6) is 0 Å². The third-order valence-corrected chi connectivity index (χ3v) is 6.60. The molecular weight excluding hydrogens is 370 g/mol. The van der Waals surface area contributed by atoms with Crippen molar-refractivity contribution in [3.05, 3.63) is 41.3 Å². The van der Waals surface area contributed by atoms with E-state index >= 15 is 0 Å². The molecule has 0 aliphatic carbocycles. The molecule has 0 bridgehead atoms. The van der Waals surface area contributed by atoms with Crippen LogP contribution >= 0.6 is 22.9 Å². The van der Waals surface area contributed by atoms with Crippen molar-refractivity contribution in [1.82, 2.24) is 18.9 Å². The molecule has 0 aromatic carbocycles. The molecule has 0 aliphatic heterocycles. The second-order valence-corrected chi connectivity index (χ2v) is 8.18. The minimum absolute atomic E-state index is 0.0436. The zero-order chi connectivity index (χ0) is 16.9. The molecule has 10 heteroatoms. The highest BCUT2D eigenvalue weighted by Gasteiger charge is 2.30. The van der Waals surface area contributed by atoms with E-state index in [0.29, 0.717) is 29.1 Å². The summed E-state index contributed by atoms with van der Waals surface area (Å²) in [6.45, 7) is 0.881. The molecule has 0 atom stereocenters. The van der Waals surface area contributed by atoms with Gasteiger partial charge in [-0.1, -0.05) is 11.6 Å². The predicted octanol–water partition coefficient (Wildman–Crippen LogP) is 2.19. The van der Waals surface area contributed by atoms with Gasteiger partial charge in [0.15, 0.2) is 15.1 Å². The first-order valence-electron chi connectivity index (χ1n) is 7.04. The average Bonchev–Trinajstić information content (AvgIpc) is 3.20. The summed E-state index contributed by atoms with van der Waals surface area (Å²) < 4.78 is 29.7. The second-order valence-electron chi connectivity index (χ2n) is 5.11. The molecule has 2 N–H and O–H groups in total. The van der Waals surface area contributed by atoms with Crippen molar-refractivity contribution >= 4 is 48.8 Å². The van der Waals surface area contributed by atoms with Crippen LogP contribution < -0.4 is 5.73 Å². The van der Waals surface area contributed by atoms with Crippen LogP contribution in [0.4, 0.5) is 0 Å². The zero-order valence-corrected chi connectivity index (χ0v) is 14.6. The van der Waals surface area contributed by atoms with E-state index in [-0.39, 0.29) is 15.1 Å². The Labute approximate surface area is 146 Å². The van der Waals surface area contributed by atoms with E-state index < -0.39 is 9.84 Å². The lowest BCUT2D eigenvalue weighted by atomic mass is 10.4. The highest BCUT2D eigenvalue weighted by Crippen LogP contribution is 2.33. The normalized spacial score (nSPS) is 12.4. The maximum atomic E-state index is 13.2. The number of nitrogens with zero attached hydrogens (tertiary/aromatic N) is 4. The van der Waals surface area contributed by atoms with Crippen molar-refractivity contribution in [2.24, 2.45) is 5.73 Å². The van der Waals surface area contributed by atoms with E-state index in [0.717, 1.165) is 0 Å². The van der Waals surface area contributed by atoms with Crippen molar-refractivity contribution in [3.63, 3.8) is 0 Å². The van der Waals surface area contributed by atoms with Gasteiger partial charge in [-0.05, 0) is 12.1 Å². The maximum absolute atomic E-state index is 13.2. The first-order chi connectivity index (χ1) is 11.5. The first-order valence-corrected chi connectivity index (χ1v) is 9.78. The highest BCUT2D eigenvalue weighted by molar-refractivity contribution is 7.91. The first kappa shape index (κ1) is 15.6. The van der Waals surface area contributed by atoms with Crippen LogP contribution in [0.15, 0.2) is 46.0 Å². The predicted molar refractivity (Wildman–Crippen MR) is 92.3 cm³/mol. The van der Waals surface area contributed by atoms with E-state index in [4.69, 9.17) is 17.3 Å². The van der Waals surface area contributed by atoms with Gasteiger partial charge in [0.2, 0.25) is 9.84 Å². The monoisotopic (exact) mass is 381 g/mol. The van der Waals surface area contributed by atoms with Crippen LogP contribution in [0.3, 0.4) is 0 Å². The fourth-order valence-corrected chi connectivity index (χ4v) is 5.55. The van der Waals surface area contributed by atoms with Gasteiger partial charge in [0, 0.05) is 37.1 Å². The van der Waals surface area contributed by atoms with Gasteiger partial charge in [-0.25, -0.2) is 13.4 Å². The molecule has 0 radical (unpaired) electrons. The quantitative estimate of drug-likeness (QED) is 0.584. The Bertz CT molecular complexity index is 1160. The van der Waals surface area contributed by atoms with Gasteiger partial charge >= 0.3 is 0 Å². The van der Waals surface area contributed by atoms with Gasteiger partial charge in [0.05, 0.1) is 5.52 Å². The van der Waals surface area contributed by atoms with E-state index in [1.165, 1.54) is 15.7 Å². The van der Waals surface area contributed by atoms with Crippen LogP contribution in [0.25, 0.3) is 16.0 Å². The third-order valence-electron chi connectivity index (χ3n) is 3.69. The number of pyridine rings is 1. The summed E-state index contributed by atoms with van der Waals surface area (Å²) in [5, 5.41) is 1.67. The summed E-state index contributed by atoms with van der Waals surface area (Å²) in [7, 11) is -3.90. The number of sulfone groups is 1. The summed E-state index contributed by atoms with van der Waals surface area (Å²) in [6.07, 6.45) is 4.76. The van der Waals surface area contributed by atoms with Gasteiger partial charge < -0.3 is 10.3 Å². The fourth-order valence-electron chi connectivity index (χ4n) is 2.69. The van der Waals surface area contributed by atoms with Crippen LogP contribution in [0.1, 0.15) is 0 Å². The van der Waals surface area contributed by atoms with E-state index in [1.807, 2.05) is 6.07 Å². The number of nitrogens with two attached hydrogens (primary N) is 1. The summed E-state index contributed by atoms with van der Waals surface area (Å²) >= 11 is 7.43. The van der Waals surface area contributed by atoms with Crippen LogP contribution in [0, 0.1) is 0 Å². The van der Waals surface area contributed by atoms with E-state index in [1.54, 1.807) is 34.6 Å². The van der Waals surface area contributed by atoms with Gasteiger partial charge in [-0.2, -0.15) is 0 Å². The Morgan fingerprint density at radius 1 is 1.38 bits per heavy atom. The molecule has 0 fully saturated rings. The number of fused-ring (bicyclic) bond motifs is 2. The lowest BCUT2D eigenvalue weighted by Crippen LogP contribution is -2.09. The molecule has 4 aromatic rings. The molecule has 0 amide bonds. The topological polar surface area (TPSA) is 95.3 Å². The summed E-state index contributed by atoms with van der Waals surface area (Å²) in [4.78, 5) is 8.98. The largest absolute Gasteiger partial charge is 0.344 e. The third kappa shape index (κ3) is 2.16. The van der Waals surface area contributed by atoms with Crippen LogP contribution in [-0.2, 0) is 16.4 Å². The molecule has 0 unspecified atom stereocenters. The van der Waals surface area contributed by atoms with Gasteiger partial charge in [-0.15, -0.1) is 11.3 Å². The molecule has 0 aliphatic rings. The van der Waals surface area contributed by atoms with Crippen molar-refractivity contribution < 1.29 is 8.42 Å². The Kier molecular flexibility index (Phi) is 3.61. The lowest BCUT2D eigenvalue weighted by Gasteiger charge is -2.02. The standard InChI is InChI=1S/C14H12ClN5O2S2/c15-12-13(20-6-7-23-14(20)18-12)24(21,22)10-8-19(5-3-16)9-2-1-4-17-11(9)10/h1-2,4,6-8H,3,5,16H2. The molecule has 4 aromatic heterocycles. The molecular formula is C14H12ClN5O2S2. The number of imidazole rings is 1. The Morgan fingerprint density at radius 3 is 3.00 bits per heavy atom. The minimum Gasteiger partial charge on any atom is -0.344 e. The molecule has 4 heterocycles. The number of aromatic nitrogens is 4. The molecule has 0 saturated heterocycles. The Morgan fingerprint density at radius 2 is 2.21 bits per heavy atom. The van der Waals surface area contributed by atoms with Crippen LogP contribution in [-0.4, -0.2) is 33.9 Å². The van der Waals surface area contributed by atoms with Crippen molar-refractivity contribution in [1.29, 1.82) is 0 Å². The molecule has 24 heavy (non-hydrogen) atoms. The summed E-state index contributed by atoms with van der Waals surface area (Å²) in [5.74, 6) is 0. The van der Waals surface area contributed by atoms with E-state index in [9.17, 15) is 8.42 Å². The number of rotatable bonds is 4. The van der Waals surface area contributed by atoms with Gasteiger partial charge in [-0.3, -0.25) is 9.38 Å². The average molecular weight is 382 g/mol. The minimum atomic E-state index is -3.90. The lowest BCUT2D eigenvalue weighted by molar-refractivity contribution is 0.591. The summed E-state index contributed by atoms with van der Waals surface area (Å²) in [5.41, 5.74) is 6.73. The molecule has 0 saturated carbocycles. The smallest absolute Gasteiger partial charge is 0.229 e. The van der Waals surface area contributed by atoms with Crippen molar-refractivity contribution in [2.75, 3.05) is 6.54 Å². The maximum Gasteiger partial charge on any atom is 0.229 e. The van der Waals surface area contributed by atoms with E-state index in [2.05, 4.69) is 9.97 Å². The molecule has 124 valence electrons. The highest BCUT2D eigenvalue weighted by atomic mass is 35.5. The van der Waals surface area contributed by atoms with Crippen molar-refractivity contribution in [3.8, 4) is 0 Å². The number of hydrogen-bond acceptors (Lipinski definition) is 6. The number of hydrogen-bond donors (Lipinski definition) is 1. The van der Waals surface area contributed by atoms with Crippen molar-refractivity contribution in [2.45, 2.75) is 16.5 Å². The Hall–Kier alpha value is -1.94.